The Morgan fingerprint density at radius 1 is 1.00 bits per heavy atom. The van der Waals surface area contributed by atoms with Gasteiger partial charge in [0.05, 0.1) is 31.5 Å². The van der Waals surface area contributed by atoms with Gasteiger partial charge in [-0.15, -0.1) is 0 Å². The van der Waals surface area contributed by atoms with E-state index in [9.17, 15) is 29.4 Å². The average Bonchev–Trinajstić information content (AvgIpc) is 3.72. The van der Waals surface area contributed by atoms with Crippen molar-refractivity contribution < 1.29 is 57.5 Å². The van der Waals surface area contributed by atoms with E-state index >= 15 is 0 Å². The minimum Gasteiger partial charge on any atom is -0.472 e. The molecule has 12 unspecified atom stereocenters. The van der Waals surface area contributed by atoms with Gasteiger partial charge in [-0.05, 0) is 43.2 Å². The first-order valence-electron chi connectivity index (χ1n) is 17.4. The number of methoxy groups -OCH3 is 1. The van der Waals surface area contributed by atoms with Crippen molar-refractivity contribution in [2.75, 3.05) is 7.11 Å². The fourth-order valence-corrected chi connectivity index (χ4v) is 10.4. The zero-order valence-corrected chi connectivity index (χ0v) is 29.9. The molecule has 49 heavy (non-hydrogen) atoms. The fourth-order valence-electron chi connectivity index (χ4n) is 10.4. The van der Waals surface area contributed by atoms with Gasteiger partial charge in [-0.25, -0.2) is 4.79 Å². The second-order valence-electron chi connectivity index (χ2n) is 16.0. The Labute approximate surface area is 286 Å². The molecule has 1 spiro atoms. The van der Waals surface area contributed by atoms with E-state index < -0.39 is 99.1 Å². The van der Waals surface area contributed by atoms with Gasteiger partial charge in [-0.3, -0.25) is 14.4 Å². The molecule has 3 aliphatic heterocycles. The first-order chi connectivity index (χ1) is 22.9. The van der Waals surface area contributed by atoms with Gasteiger partial charge in [-0.1, -0.05) is 55.4 Å². The monoisotopic (exact) mass is 686 g/mol. The molecule has 4 heterocycles. The van der Waals surface area contributed by atoms with Crippen LogP contribution in [0.15, 0.2) is 34.7 Å². The quantitative estimate of drug-likeness (QED) is 0.275. The molecule has 6 rings (SSSR count). The van der Waals surface area contributed by atoms with E-state index in [0.717, 1.165) is 0 Å². The molecule has 2 N–H and O–H groups in total. The van der Waals surface area contributed by atoms with Crippen LogP contribution < -0.4 is 0 Å². The topological polar surface area (TPSA) is 168 Å². The zero-order chi connectivity index (χ0) is 36.1. The van der Waals surface area contributed by atoms with E-state index in [1.165, 1.54) is 25.7 Å². The lowest BCUT2D eigenvalue weighted by Crippen LogP contribution is -2.84. The predicted molar refractivity (Wildman–Crippen MR) is 171 cm³/mol. The van der Waals surface area contributed by atoms with Crippen LogP contribution in [-0.2, 0) is 42.9 Å². The number of fused-ring (bicyclic) bond motifs is 2. The third-order valence-corrected chi connectivity index (χ3v) is 13.3. The number of carbonyl (C=O) groups excluding carboxylic acids is 4. The molecule has 1 aromatic rings. The SMILES string of the molecule is CCC(C)C(=O)OC1C(C)(C)C(CC(=O)OC)C2(C)C3CCC4(C)C(=CC(=O)OC4c4ccoc4)C34OC2(O)C1(O)C4OC(=O)C(C)CC. The Morgan fingerprint density at radius 2 is 1.61 bits per heavy atom. The van der Waals surface area contributed by atoms with Crippen LogP contribution in [0.4, 0.5) is 0 Å². The normalized spacial score (nSPS) is 42.6. The molecule has 2 saturated carbocycles. The molecule has 12 nitrogen and oxygen atoms in total. The summed E-state index contributed by atoms with van der Waals surface area (Å²) >= 11 is 0. The number of furan rings is 1. The van der Waals surface area contributed by atoms with Crippen molar-refractivity contribution in [3.05, 3.63) is 35.8 Å². The highest BCUT2D eigenvalue weighted by molar-refractivity contribution is 5.86. The highest BCUT2D eigenvalue weighted by atomic mass is 16.7. The van der Waals surface area contributed by atoms with Crippen LogP contribution >= 0.6 is 0 Å². The zero-order valence-electron chi connectivity index (χ0n) is 29.9. The maximum Gasteiger partial charge on any atom is 0.331 e. The summed E-state index contributed by atoms with van der Waals surface area (Å²) < 4.78 is 36.0. The Bertz CT molecular complexity index is 1560. The molecular formula is C37H50O12. The van der Waals surface area contributed by atoms with Gasteiger partial charge in [0.25, 0.3) is 0 Å². The summed E-state index contributed by atoms with van der Waals surface area (Å²) in [4.78, 5) is 54.2. The number of cyclic esters (lactones) is 1. The molecule has 0 aromatic carbocycles. The molecule has 270 valence electrons. The lowest BCUT2D eigenvalue weighted by Gasteiger charge is -2.69. The van der Waals surface area contributed by atoms with Gasteiger partial charge in [0, 0.05) is 40.2 Å². The minimum atomic E-state index is -2.55. The van der Waals surface area contributed by atoms with Gasteiger partial charge in [-0.2, -0.15) is 0 Å². The van der Waals surface area contributed by atoms with Crippen molar-refractivity contribution in [3.8, 4) is 0 Å². The third kappa shape index (κ3) is 4.32. The summed E-state index contributed by atoms with van der Waals surface area (Å²) in [7, 11) is 1.27. The molecule has 0 amide bonds. The van der Waals surface area contributed by atoms with E-state index in [2.05, 4.69) is 0 Å². The lowest BCUT2D eigenvalue weighted by molar-refractivity contribution is -0.386. The van der Waals surface area contributed by atoms with Gasteiger partial charge in [0.1, 0.15) is 17.8 Å². The molecule has 2 saturated heterocycles. The molecule has 12 atom stereocenters. The number of hydrogen-bond acceptors (Lipinski definition) is 12. The Kier molecular flexibility index (Phi) is 8.28. The van der Waals surface area contributed by atoms with Gasteiger partial charge in [0.2, 0.25) is 5.79 Å². The molecule has 5 aliphatic rings. The van der Waals surface area contributed by atoms with Crippen LogP contribution in [0.2, 0.25) is 0 Å². The fraction of sp³-hybridized carbons (Fsp3) is 0.730. The van der Waals surface area contributed by atoms with Crippen LogP contribution in [0.25, 0.3) is 0 Å². The Morgan fingerprint density at radius 3 is 2.16 bits per heavy atom. The van der Waals surface area contributed by atoms with Gasteiger partial charge < -0.3 is 38.3 Å². The van der Waals surface area contributed by atoms with Crippen LogP contribution in [0.3, 0.4) is 0 Å². The van der Waals surface area contributed by atoms with E-state index in [1.807, 2.05) is 20.8 Å². The number of hydrogen-bond donors (Lipinski definition) is 2. The summed E-state index contributed by atoms with van der Waals surface area (Å²) in [5, 5.41) is 26.7. The second-order valence-corrected chi connectivity index (χ2v) is 16.0. The Balaban J connectivity index is 1.66. The van der Waals surface area contributed by atoms with E-state index in [-0.39, 0.29) is 6.42 Å². The van der Waals surface area contributed by atoms with Gasteiger partial charge >= 0.3 is 23.9 Å². The maximum absolute atomic E-state index is 13.9. The summed E-state index contributed by atoms with van der Waals surface area (Å²) in [5.41, 5.74) is -6.93. The van der Waals surface area contributed by atoms with Crippen molar-refractivity contribution in [1.82, 2.24) is 0 Å². The van der Waals surface area contributed by atoms with Crippen molar-refractivity contribution in [3.63, 3.8) is 0 Å². The van der Waals surface area contributed by atoms with Crippen molar-refractivity contribution in [1.29, 1.82) is 0 Å². The summed E-state index contributed by atoms with van der Waals surface area (Å²) in [6.07, 6.45) is 1.82. The number of carbonyl (C=O) groups is 4. The highest BCUT2D eigenvalue weighted by Crippen LogP contribution is 2.82. The molecule has 2 bridgehead atoms. The minimum absolute atomic E-state index is 0.195. The molecule has 2 aliphatic carbocycles. The average molecular weight is 687 g/mol. The molecule has 1 aromatic heterocycles. The van der Waals surface area contributed by atoms with Crippen LogP contribution in [-0.4, -0.2) is 70.4 Å². The van der Waals surface area contributed by atoms with Crippen molar-refractivity contribution in [2.24, 2.45) is 39.9 Å². The van der Waals surface area contributed by atoms with Crippen LogP contribution in [0, 0.1) is 39.9 Å². The number of esters is 4. The highest BCUT2D eigenvalue weighted by Gasteiger charge is 2.96. The summed E-state index contributed by atoms with van der Waals surface area (Å²) in [6.45, 7) is 14.3. The maximum atomic E-state index is 13.9. The smallest absolute Gasteiger partial charge is 0.331 e. The largest absolute Gasteiger partial charge is 0.472 e. The number of ether oxygens (including phenoxy) is 5. The van der Waals surface area contributed by atoms with E-state index in [0.29, 0.717) is 36.8 Å². The van der Waals surface area contributed by atoms with Crippen LogP contribution in [0.1, 0.15) is 99.2 Å². The third-order valence-electron chi connectivity index (χ3n) is 13.3. The summed E-state index contributed by atoms with van der Waals surface area (Å²) in [5.74, 6) is -7.67. The first-order valence-corrected chi connectivity index (χ1v) is 17.4. The van der Waals surface area contributed by atoms with Crippen LogP contribution in [0.5, 0.6) is 0 Å². The molecular weight excluding hydrogens is 636 g/mol. The van der Waals surface area contributed by atoms with Crippen molar-refractivity contribution >= 4 is 23.9 Å². The Hall–Kier alpha value is -3.22. The predicted octanol–water partition coefficient (Wildman–Crippen LogP) is 4.56. The lowest BCUT2D eigenvalue weighted by atomic mass is 9.36. The standard InChI is InChI=1S/C37H50O12/c1-10-19(3)28(40)47-30-32(5,6)23(16-25(38)44-9)34(8)22-12-14-33(7)24(17-26(39)46-27(33)21-13-15-45-18-21)35(22)31(48-29(41)20(4)11-2)36(30,42)37(34,43)49-35/h13,15,17-20,22-23,27,30-31,42-43H,10-12,14,16H2,1-9H3. The van der Waals surface area contributed by atoms with E-state index in [4.69, 9.17) is 28.1 Å². The van der Waals surface area contributed by atoms with Crippen molar-refractivity contribution in [2.45, 2.75) is 123 Å². The summed E-state index contributed by atoms with van der Waals surface area (Å²) in [6, 6.07) is 1.71. The molecule has 4 fully saturated rings. The first kappa shape index (κ1) is 35.6. The van der Waals surface area contributed by atoms with E-state index in [1.54, 1.807) is 40.7 Å². The molecule has 12 heteroatoms. The second kappa shape index (κ2) is 11.4. The number of rotatable bonds is 9. The molecule has 0 radical (unpaired) electrons. The van der Waals surface area contributed by atoms with Gasteiger partial charge in [0.15, 0.2) is 11.7 Å². The number of aliphatic hydroxyl groups is 2.